The molecule has 1 aliphatic heterocycles. The van der Waals surface area contributed by atoms with Crippen LogP contribution in [0.1, 0.15) is 33.6 Å². The topological polar surface area (TPSA) is 67.9 Å². The van der Waals surface area contributed by atoms with E-state index in [0.717, 1.165) is 6.42 Å². The van der Waals surface area contributed by atoms with Crippen molar-refractivity contribution in [1.82, 2.24) is 5.32 Å². The highest BCUT2D eigenvalue weighted by atomic mass is 16.5. The first-order valence-electron chi connectivity index (χ1n) is 8.15. The van der Waals surface area contributed by atoms with Crippen LogP contribution in [-0.2, 0) is 9.59 Å². The van der Waals surface area contributed by atoms with Gasteiger partial charge in [-0.3, -0.25) is 9.59 Å². The Balaban J connectivity index is 2.17. The fraction of sp³-hybridized carbons (Fsp3) is 0.556. The lowest BCUT2D eigenvalue weighted by atomic mass is 9.99. The number of anilines is 1. The fourth-order valence-electron chi connectivity index (χ4n) is 2.65. The standard InChI is InChI=1S/C18H26N2O4/c1-6-18(2,3)19-17(22)12-9-16(21)20(11-12)14-8-7-13(23-4)10-15(14)24-5/h7-8,10,12H,6,9,11H2,1-5H3,(H,19,22)/t12-/m0/s1. The third-order valence-electron chi connectivity index (χ3n) is 4.52. The Hall–Kier alpha value is -2.24. The van der Waals surface area contributed by atoms with E-state index in [4.69, 9.17) is 9.47 Å². The van der Waals surface area contributed by atoms with Gasteiger partial charge in [0.25, 0.3) is 0 Å². The van der Waals surface area contributed by atoms with Crippen LogP contribution in [0.2, 0.25) is 0 Å². The average Bonchev–Trinajstić information content (AvgIpc) is 2.95. The van der Waals surface area contributed by atoms with E-state index >= 15 is 0 Å². The Morgan fingerprint density at radius 3 is 2.62 bits per heavy atom. The van der Waals surface area contributed by atoms with Gasteiger partial charge < -0.3 is 19.7 Å². The van der Waals surface area contributed by atoms with Gasteiger partial charge in [-0.1, -0.05) is 6.92 Å². The van der Waals surface area contributed by atoms with E-state index in [1.165, 1.54) is 0 Å². The van der Waals surface area contributed by atoms with Gasteiger partial charge in [0.05, 0.1) is 25.8 Å². The second-order valence-corrected chi connectivity index (χ2v) is 6.67. The van der Waals surface area contributed by atoms with Gasteiger partial charge in [0.15, 0.2) is 0 Å². The molecule has 0 saturated carbocycles. The molecule has 24 heavy (non-hydrogen) atoms. The summed E-state index contributed by atoms with van der Waals surface area (Å²) in [6, 6.07) is 5.29. The van der Waals surface area contributed by atoms with Gasteiger partial charge in [-0.15, -0.1) is 0 Å². The molecule has 0 spiro atoms. The maximum absolute atomic E-state index is 12.5. The minimum Gasteiger partial charge on any atom is -0.497 e. The minimum atomic E-state index is -0.352. The zero-order valence-electron chi connectivity index (χ0n) is 15.0. The van der Waals surface area contributed by atoms with Crippen LogP contribution in [0.3, 0.4) is 0 Å². The van der Waals surface area contributed by atoms with Crippen LogP contribution in [-0.4, -0.2) is 38.1 Å². The molecule has 0 bridgehead atoms. The average molecular weight is 334 g/mol. The van der Waals surface area contributed by atoms with Crippen LogP contribution in [0.15, 0.2) is 18.2 Å². The molecule has 1 atom stereocenters. The summed E-state index contributed by atoms with van der Waals surface area (Å²) in [6.07, 6.45) is 1.04. The van der Waals surface area contributed by atoms with E-state index in [1.807, 2.05) is 20.8 Å². The summed E-state index contributed by atoms with van der Waals surface area (Å²) in [5.41, 5.74) is 0.388. The Labute approximate surface area is 143 Å². The zero-order valence-corrected chi connectivity index (χ0v) is 15.0. The first-order chi connectivity index (χ1) is 11.3. The van der Waals surface area contributed by atoms with Gasteiger partial charge >= 0.3 is 0 Å². The van der Waals surface area contributed by atoms with E-state index in [1.54, 1.807) is 37.3 Å². The molecule has 1 N–H and O–H groups in total. The first kappa shape index (κ1) is 18.1. The molecular formula is C18H26N2O4. The summed E-state index contributed by atoms with van der Waals surface area (Å²) in [5.74, 6) is 0.701. The number of benzene rings is 1. The van der Waals surface area contributed by atoms with Crippen molar-refractivity contribution in [3.8, 4) is 11.5 Å². The number of nitrogens with one attached hydrogen (secondary N) is 1. The number of carbonyl (C=O) groups excluding carboxylic acids is 2. The van der Waals surface area contributed by atoms with Crippen LogP contribution >= 0.6 is 0 Å². The summed E-state index contributed by atoms with van der Waals surface area (Å²) in [4.78, 5) is 26.5. The molecule has 0 unspecified atom stereocenters. The van der Waals surface area contributed by atoms with Crippen molar-refractivity contribution in [2.45, 2.75) is 39.2 Å². The van der Waals surface area contributed by atoms with E-state index in [0.29, 0.717) is 23.7 Å². The van der Waals surface area contributed by atoms with Crippen molar-refractivity contribution < 1.29 is 19.1 Å². The molecule has 2 rings (SSSR count). The Morgan fingerprint density at radius 2 is 2.04 bits per heavy atom. The second-order valence-electron chi connectivity index (χ2n) is 6.67. The zero-order chi connectivity index (χ0) is 17.9. The molecular weight excluding hydrogens is 308 g/mol. The highest BCUT2D eigenvalue weighted by Crippen LogP contribution is 2.35. The summed E-state index contributed by atoms with van der Waals surface area (Å²) < 4.78 is 10.5. The van der Waals surface area contributed by atoms with Crippen molar-refractivity contribution in [2.24, 2.45) is 5.92 Å². The molecule has 1 aliphatic rings. The molecule has 0 aromatic heterocycles. The second kappa shape index (κ2) is 7.11. The maximum Gasteiger partial charge on any atom is 0.227 e. The van der Waals surface area contributed by atoms with Crippen molar-refractivity contribution in [1.29, 1.82) is 0 Å². The Bertz CT molecular complexity index is 627. The summed E-state index contributed by atoms with van der Waals surface area (Å²) in [7, 11) is 3.12. The molecule has 6 nitrogen and oxygen atoms in total. The molecule has 1 fully saturated rings. The molecule has 0 aliphatic carbocycles. The smallest absolute Gasteiger partial charge is 0.227 e. The van der Waals surface area contributed by atoms with Crippen LogP contribution in [0.4, 0.5) is 5.69 Å². The largest absolute Gasteiger partial charge is 0.497 e. The van der Waals surface area contributed by atoms with Gasteiger partial charge in [0.1, 0.15) is 11.5 Å². The van der Waals surface area contributed by atoms with Gasteiger partial charge in [0, 0.05) is 24.6 Å². The number of nitrogens with zero attached hydrogens (tertiary/aromatic N) is 1. The molecule has 0 radical (unpaired) electrons. The summed E-state index contributed by atoms with van der Waals surface area (Å²) in [6.45, 7) is 6.33. The number of hydrogen-bond donors (Lipinski definition) is 1. The third kappa shape index (κ3) is 3.80. The molecule has 1 aromatic rings. The van der Waals surface area contributed by atoms with E-state index < -0.39 is 0 Å². The highest BCUT2D eigenvalue weighted by molar-refractivity contribution is 6.01. The monoisotopic (exact) mass is 334 g/mol. The van der Waals surface area contributed by atoms with Crippen LogP contribution in [0.25, 0.3) is 0 Å². The lowest BCUT2D eigenvalue weighted by Crippen LogP contribution is -2.46. The summed E-state index contributed by atoms with van der Waals surface area (Å²) in [5, 5.41) is 3.02. The van der Waals surface area contributed by atoms with Crippen molar-refractivity contribution in [3.63, 3.8) is 0 Å². The number of ether oxygens (including phenoxy) is 2. The number of methoxy groups -OCH3 is 2. The third-order valence-corrected chi connectivity index (χ3v) is 4.52. The van der Waals surface area contributed by atoms with Crippen molar-refractivity contribution >= 4 is 17.5 Å². The van der Waals surface area contributed by atoms with Gasteiger partial charge in [-0.2, -0.15) is 0 Å². The number of hydrogen-bond acceptors (Lipinski definition) is 4. The van der Waals surface area contributed by atoms with E-state index in [2.05, 4.69) is 5.32 Å². The van der Waals surface area contributed by atoms with Crippen molar-refractivity contribution in [2.75, 3.05) is 25.7 Å². The lowest BCUT2D eigenvalue weighted by molar-refractivity contribution is -0.127. The quantitative estimate of drug-likeness (QED) is 0.867. The van der Waals surface area contributed by atoms with Gasteiger partial charge in [-0.05, 0) is 32.4 Å². The van der Waals surface area contributed by atoms with E-state index in [-0.39, 0.29) is 29.7 Å². The van der Waals surface area contributed by atoms with Crippen molar-refractivity contribution in [3.05, 3.63) is 18.2 Å². The number of carbonyl (C=O) groups is 2. The molecule has 132 valence electrons. The Kier molecular flexibility index (Phi) is 5.36. The normalized spacial score (nSPS) is 17.8. The summed E-state index contributed by atoms with van der Waals surface area (Å²) >= 11 is 0. The van der Waals surface area contributed by atoms with E-state index in [9.17, 15) is 9.59 Å². The molecule has 2 amide bonds. The molecule has 6 heteroatoms. The Morgan fingerprint density at radius 1 is 1.33 bits per heavy atom. The van der Waals surface area contributed by atoms with Gasteiger partial charge in [0.2, 0.25) is 11.8 Å². The van der Waals surface area contributed by atoms with Crippen LogP contribution in [0, 0.1) is 5.92 Å². The fourth-order valence-corrected chi connectivity index (χ4v) is 2.65. The van der Waals surface area contributed by atoms with Crippen LogP contribution < -0.4 is 19.7 Å². The SMILES string of the molecule is CCC(C)(C)NC(=O)[C@H]1CC(=O)N(c2ccc(OC)cc2OC)C1. The molecule has 1 aromatic carbocycles. The highest BCUT2D eigenvalue weighted by Gasteiger charge is 2.37. The minimum absolute atomic E-state index is 0.0760. The number of rotatable bonds is 6. The molecule has 1 heterocycles. The lowest BCUT2D eigenvalue weighted by Gasteiger charge is -2.26. The van der Waals surface area contributed by atoms with Gasteiger partial charge in [-0.25, -0.2) is 0 Å². The molecule has 1 saturated heterocycles. The maximum atomic E-state index is 12.5. The predicted molar refractivity (Wildman–Crippen MR) is 92.5 cm³/mol. The number of amides is 2. The first-order valence-corrected chi connectivity index (χ1v) is 8.15. The van der Waals surface area contributed by atoms with Crippen LogP contribution in [0.5, 0.6) is 11.5 Å². The predicted octanol–water partition coefficient (Wildman–Crippen LogP) is 2.36.